The zero-order valence-corrected chi connectivity index (χ0v) is 16.6. The zero-order valence-electron chi connectivity index (χ0n) is 15.8. The van der Waals surface area contributed by atoms with Crippen molar-refractivity contribution < 1.29 is 19.5 Å². The van der Waals surface area contributed by atoms with Crippen molar-refractivity contribution in [2.45, 2.75) is 58.8 Å². The molecule has 6 nitrogen and oxygen atoms in total. The molecule has 4 N–H and O–H groups in total. The van der Waals surface area contributed by atoms with Gasteiger partial charge in [0.05, 0.1) is 17.4 Å². The van der Waals surface area contributed by atoms with E-state index in [0.717, 1.165) is 53.7 Å². The summed E-state index contributed by atoms with van der Waals surface area (Å²) in [4.78, 5) is 37.8. The largest absolute Gasteiger partial charge is 0.481 e. The van der Waals surface area contributed by atoms with Crippen LogP contribution in [0.4, 0.5) is 5.00 Å². The number of nitrogens with one attached hydrogen (secondary N) is 1. The third-order valence-electron chi connectivity index (χ3n) is 5.82. The maximum Gasteiger partial charge on any atom is 0.307 e. The summed E-state index contributed by atoms with van der Waals surface area (Å²) in [7, 11) is 0. The molecule has 27 heavy (non-hydrogen) atoms. The SMILES string of the molecule is CC1=C(C)C[C@H](C(=O)Nc2sc3c(c2C(N)=O)CCCCC3)[C@@H](C(=O)O)C1. The van der Waals surface area contributed by atoms with Crippen molar-refractivity contribution in [2.75, 3.05) is 5.32 Å². The minimum absolute atomic E-state index is 0.340. The number of thiophene rings is 1. The van der Waals surface area contributed by atoms with Crippen molar-refractivity contribution in [1.82, 2.24) is 0 Å². The molecular formula is C20H26N2O4S. The lowest BCUT2D eigenvalue weighted by molar-refractivity contribution is -0.146. The van der Waals surface area contributed by atoms with Crippen molar-refractivity contribution in [2.24, 2.45) is 17.6 Å². The Morgan fingerprint density at radius 1 is 1.04 bits per heavy atom. The van der Waals surface area contributed by atoms with Gasteiger partial charge in [0.15, 0.2) is 0 Å². The summed E-state index contributed by atoms with van der Waals surface area (Å²) in [5.41, 5.74) is 9.09. The van der Waals surface area contributed by atoms with Gasteiger partial charge in [-0.05, 0) is 57.9 Å². The molecule has 0 aromatic carbocycles. The van der Waals surface area contributed by atoms with E-state index in [1.54, 1.807) is 0 Å². The number of primary amides is 1. The number of hydrogen-bond acceptors (Lipinski definition) is 4. The van der Waals surface area contributed by atoms with E-state index in [2.05, 4.69) is 5.32 Å². The molecule has 1 aromatic heterocycles. The molecule has 0 saturated heterocycles. The Kier molecular flexibility index (Phi) is 5.69. The average molecular weight is 391 g/mol. The number of carboxylic acid groups (broad SMARTS) is 1. The van der Waals surface area contributed by atoms with Crippen LogP contribution in [-0.4, -0.2) is 22.9 Å². The van der Waals surface area contributed by atoms with Crippen LogP contribution in [0.25, 0.3) is 0 Å². The Labute approximate surface area is 162 Å². The lowest BCUT2D eigenvalue weighted by atomic mass is 9.76. The van der Waals surface area contributed by atoms with Crippen LogP contribution < -0.4 is 11.1 Å². The van der Waals surface area contributed by atoms with E-state index in [0.29, 0.717) is 23.4 Å². The summed E-state index contributed by atoms with van der Waals surface area (Å²) in [6.45, 7) is 3.86. The van der Waals surface area contributed by atoms with Crippen LogP contribution in [0, 0.1) is 11.8 Å². The van der Waals surface area contributed by atoms with Crippen LogP contribution in [0.2, 0.25) is 0 Å². The van der Waals surface area contributed by atoms with E-state index in [1.165, 1.54) is 11.3 Å². The highest BCUT2D eigenvalue weighted by molar-refractivity contribution is 7.17. The van der Waals surface area contributed by atoms with E-state index in [9.17, 15) is 19.5 Å². The first-order chi connectivity index (χ1) is 12.8. The third-order valence-corrected chi connectivity index (χ3v) is 7.03. The second-order valence-electron chi connectivity index (χ2n) is 7.64. The van der Waals surface area contributed by atoms with Crippen LogP contribution in [0.3, 0.4) is 0 Å². The van der Waals surface area contributed by atoms with Gasteiger partial charge in [-0.15, -0.1) is 11.3 Å². The summed E-state index contributed by atoms with van der Waals surface area (Å²) >= 11 is 1.41. The van der Waals surface area contributed by atoms with Crippen molar-refractivity contribution in [3.63, 3.8) is 0 Å². The zero-order chi connectivity index (χ0) is 19.7. The quantitative estimate of drug-likeness (QED) is 0.540. The predicted octanol–water partition coefficient (Wildman–Crippen LogP) is 3.50. The van der Waals surface area contributed by atoms with Gasteiger partial charge in [0.2, 0.25) is 5.91 Å². The van der Waals surface area contributed by atoms with Gasteiger partial charge >= 0.3 is 5.97 Å². The Balaban J connectivity index is 1.89. The van der Waals surface area contributed by atoms with E-state index in [-0.39, 0.29) is 5.91 Å². The smallest absolute Gasteiger partial charge is 0.307 e. The number of carboxylic acids is 1. The minimum Gasteiger partial charge on any atom is -0.481 e. The van der Waals surface area contributed by atoms with E-state index in [1.807, 2.05) is 13.8 Å². The lowest BCUT2D eigenvalue weighted by Crippen LogP contribution is -2.36. The fraction of sp³-hybridized carbons (Fsp3) is 0.550. The molecule has 0 radical (unpaired) electrons. The van der Waals surface area contributed by atoms with Crippen molar-refractivity contribution in [3.8, 4) is 0 Å². The van der Waals surface area contributed by atoms with Gasteiger partial charge in [0.25, 0.3) is 5.91 Å². The molecule has 1 heterocycles. The maximum atomic E-state index is 12.9. The average Bonchev–Trinajstić information content (AvgIpc) is 2.77. The molecule has 0 unspecified atom stereocenters. The summed E-state index contributed by atoms with van der Waals surface area (Å²) in [5.74, 6) is -3.22. The summed E-state index contributed by atoms with van der Waals surface area (Å²) < 4.78 is 0. The van der Waals surface area contributed by atoms with Crippen LogP contribution in [0.15, 0.2) is 11.1 Å². The summed E-state index contributed by atoms with van der Waals surface area (Å²) in [5, 5.41) is 12.9. The molecule has 2 aliphatic carbocycles. The molecule has 0 spiro atoms. The van der Waals surface area contributed by atoms with Gasteiger partial charge in [-0.25, -0.2) is 0 Å². The van der Waals surface area contributed by atoms with Crippen molar-refractivity contribution in [3.05, 3.63) is 27.2 Å². The van der Waals surface area contributed by atoms with E-state index >= 15 is 0 Å². The van der Waals surface area contributed by atoms with Crippen LogP contribution in [0.1, 0.15) is 66.8 Å². The third kappa shape index (κ3) is 3.93. The fourth-order valence-corrected chi connectivity index (χ4v) is 5.42. The highest BCUT2D eigenvalue weighted by Crippen LogP contribution is 2.39. The molecule has 0 fully saturated rings. The van der Waals surface area contributed by atoms with Gasteiger partial charge in [-0.1, -0.05) is 17.6 Å². The number of anilines is 1. The van der Waals surface area contributed by atoms with Gasteiger partial charge in [0, 0.05) is 4.88 Å². The fourth-order valence-electron chi connectivity index (χ4n) is 4.12. The second kappa shape index (κ2) is 7.84. The normalized spacial score (nSPS) is 22.7. The Bertz CT molecular complexity index is 824. The second-order valence-corrected chi connectivity index (χ2v) is 8.75. The van der Waals surface area contributed by atoms with E-state index in [4.69, 9.17) is 5.73 Å². The van der Waals surface area contributed by atoms with Gasteiger partial charge in [-0.2, -0.15) is 0 Å². The van der Waals surface area contributed by atoms with Crippen molar-refractivity contribution >= 4 is 34.1 Å². The van der Waals surface area contributed by atoms with Gasteiger partial charge < -0.3 is 16.2 Å². The maximum absolute atomic E-state index is 12.9. The number of aryl methyl sites for hydroxylation is 1. The molecule has 0 aliphatic heterocycles. The first-order valence-electron chi connectivity index (χ1n) is 9.42. The molecular weight excluding hydrogens is 364 g/mol. The highest BCUT2D eigenvalue weighted by Gasteiger charge is 2.38. The standard InChI is InChI=1S/C20H26N2O4S/c1-10-8-13(14(20(25)26)9-11(10)2)18(24)22-19-16(17(21)23)12-6-4-3-5-7-15(12)27-19/h13-14H,3-9H2,1-2H3,(H2,21,23)(H,22,24)(H,25,26)/t13-,14-/m0/s1. The number of nitrogens with two attached hydrogens (primary N) is 1. The molecule has 0 bridgehead atoms. The van der Waals surface area contributed by atoms with Crippen molar-refractivity contribution in [1.29, 1.82) is 0 Å². The number of hydrogen-bond donors (Lipinski definition) is 3. The topological polar surface area (TPSA) is 109 Å². The minimum atomic E-state index is -0.959. The highest BCUT2D eigenvalue weighted by atomic mass is 32.1. The first kappa shape index (κ1) is 19.6. The summed E-state index contributed by atoms with van der Waals surface area (Å²) in [6, 6.07) is 0. The predicted molar refractivity (Wildman–Crippen MR) is 105 cm³/mol. The Morgan fingerprint density at radius 3 is 2.30 bits per heavy atom. The number of allylic oxidation sites excluding steroid dienone is 2. The molecule has 3 rings (SSSR count). The number of fused-ring (bicyclic) bond motifs is 1. The summed E-state index contributed by atoms with van der Waals surface area (Å²) in [6.07, 6.45) is 5.67. The number of aliphatic carboxylic acids is 1. The Morgan fingerprint density at radius 2 is 1.67 bits per heavy atom. The molecule has 0 saturated carbocycles. The molecule has 2 atom stereocenters. The van der Waals surface area contributed by atoms with Gasteiger partial charge in [0.1, 0.15) is 5.00 Å². The van der Waals surface area contributed by atoms with Gasteiger partial charge in [-0.3, -0.25) is 14.4 Å². The molecule has 146 valence electrons. The van der Waals surface area contributed by atoms with E-state index < -0.39 is 23.7 Å². The number of amides is 2. The molecule has 2 amide bonds. The number of carbonyl (C=O) groups excluding carboxylic acids is 2. The monoisotopic (exact) mass is 390 g/mol. The Hall–Kier alpha value is -2.15. The number of rotatable bonds is 4. The molecule has 7 heteroatoms. The van der Waals surface area contributed by atoms with Crippen LogP contribution >= 0.6 is 11.3 Å². The molecule has 2 aliphatic rings. The first-order valence-corrected chi connectivity index (χ1v) is 10.2. The van der Waals surface area contributed by atoms with Crippen LogP contribution in [-0.2, 0) is 22.4 Å². The van der Waals surface area contributed by atoms with Crippen LogP contribution in [0.5, 0.6) is 0 Å². The number of carbonyl (C=O) groups is 3. The lowest BCUT2D eigenvalue weighted by Gasteiger charge is -2.29. The molecule has 1 aromatic rings.